The molecule has 0 aromatic carbocycles. The van der Waals surface area contributed by atoms with Crippen LogP contribution in [0.3, 0.4) is 0 Å². The zero-order valence-corrected chi connectivity index (χ0v) is 12.3. The Balaban J connectivity index is 4.31. The van der Waals surface area contributed by atoms with E-state index >= 15 is 0 Å². The van der Waals surface area contributed by atoms with Crippen molar-refractivity contribution in [3.63, 3.8) is 0 Å². The Kier molecular flexibility index (Phi) is 8.37. The van der Waals surface area contributed by atoms with E-state index < -0.39 is 0 Å². The summed E-state index contributed by atoms with van der Waals surface area (Å²) in [6.07, 6.45) is 1.84. The van der Waals surface area contributed by atoms with Gasteiger partial charge in [-0.05, 0) is 19.8 Å². The van der Waals surface area contributed by atoms with Crippen molar-refractivity contribution < 1.29 is 9.59 Å². The van der Waals surface area contributed by atoms with E-state index in [0.717, 1.165) is 12.8 Å². The summed E-state index contributed by atoms with van der Waals surface area (Å²) in [4.78, 5) is 26.8. The summed E-state index contributed by atoms with van der Waals surface area (Å²) in [5, 5.41) is 3.16. The number of rotatable bonds is 8. The molecule has 0 spiro atoms. The molecule has 106 valence electrons. The fraction of sp³-hybridized carbons (Fsp3) is 0.846. The Morgan fingerprint density at radius 2 is 1.78 bits per heavy atom. The summed E-state index contributed by atoms with van der Waals surface area (Å²) in [5.74, 6) is -0.0484. The Morgan fingerprint density at radius 3 is 2.22 bits per heavy atom. The first-order chi connectivity index (χ1) is 8.42. The van der Waals surface area contributed by atoms with Gasteiger partial charge in [-0.3, -0.25) is 9.59 Å². The third-order valence-electron chi connectivity index (χ3n) is 2.89. The second-order valence-corrected chi connectivity index (χ2v) is 4.79. The number of hydrogen-bond donors (Lipinski definition) is 1. The average molecular weight is 257 g/mol. The molecule has 0 aliphatic heterocycles. The van der Waals surface area contributed by atoms with E-state index in [9.17, 15) is 9.59 Å². The van der Waals surface area contributed by atoms with Gasteiger partial charge in [0.2, 0.25) is 11.8 Å². The van der Waals surface area contributed by atoms with Gasteiger partial charge in [-0.15, -0.1) is 0 Å². The topological polar surface area (TPSA) is 52.7 Å². The van der Waals surface area contributed by atoms with Crippen molar-refractivity contribution in [2.24, 2.45) is 0 Å². The summed E-state index contributed by atoms with van der Waals surface area (Å²) < 4.78 is 0. The van der Waals surface area contributed by atoms with E-state index in [1.54, 1.807) is 19.0 Å². The highest BCUT2D eigenvalue weighted by Gasteiger charge is 2.17. The third-order valence-corrected chi connectivity index (χ3v) is 2.89. The van der Waals surface area contributed by atoms with Gasteiger partial charge in [0.15, 0.2) is 0 Å². The molecule has 0 rings (SSSR count). The molecule has 5 nitrogen and oxygen atoms in total. The number of likely N-dealkylation sites (N-methyl/N-ethyl adjacent to an activating group) is 1. The van der Waals surface area contributed by atoms with Gasteiger partial charge >= 0.3 is 0 Å². The average Bonchev–Trinajstić information content (AvgIpc) is 2.34. The van der Waals surface area contributed by atoms with E-state index in [-0.39, 0.29) is 18.4 Å². The minimum atomic E-state index is -0.0414. The van der Waals surface area contributed by atoms with Crippen molar-refractivity contribution >= 4 is 11.8 Å². The maximum Gasteiger partial charge on any atom is 0.241 e. The van der Waals surface area contributed by atoms with Crippen LogP contribution in [-0.4, -0.2) is 61.4 Å². The van der Waals surface area contributed by atoms with Gasteiger partial charge in [0.1, 0.15) is 0 Å². The molecule has 1 N–H and O–H groups in total. The van der Waals surface area contributed by atoms with E-state index in [0.29, 0.717) is 19.1 Å². The van der Waals surface area contributed by atoms with Gasteiger partial charge in [0, 0.05) is 26.7 Å². The first-order valence-electron chi connectivity index (χ1n) is 6.63. The molecule has 1 atom stereocenters. The molecule has 0 aromatic rings. The highest BCUT2D eigenvalue weighted by atomic mass is 16.2. The highest BCUT2D eigenvalue weighted by Crippen LogP contribution is 1.96. The summed E-state index contributed by atoms with van der Waals surface area (Å²) in [5.41, 5.74) is 0. The molecular formula is C13H27N3O2. The summed E-state index contributed by atoms with van der Waals surface area (Å²) in [7, 11) is 3.41. The summed E-state index contributed by atoms with van der Waals surface area (Å²) in [6, 6.07) is 0.321. The minimum Gasteiger partial charge on any atom is -0.347 e. The predicted molar refractivity (Wildman–Crippen MR) is 73.3 cm³/mol. The first-order valence-corrected chi connectivity index (χ1v) is 6.63. The monoisotopic (exact) mass is 257 g/mol. The lowest BCUT2D eigenvalue weighted by Crippen LogP contribution is -2.45. The molecule has 0 aromatic heterocycles. The largest absolute Gasteiger partial charge is 0.347 e. The van der Waals surface area contributed by atoms with E-state index in [4.69, 9.17) is 0 Å². The lowest BCUT2D eigenvalue weighted by molar-refractivity contribution is -0.138. The molecule has 1 unspecified atom stereocenters. The normalized spacial score (nSPS) is 12.1. The van der Waals surface area contributed by atoms with Crippen molar-refractivity contribution in [3.05, 3.63) is 0 Å². The molecule has 0 saturated carbocycles. The van der Waals surface area contributed by atoms with Crippen LogP contribution in [0, 0.1) is 0 Å². The van der Waals surface area contributed by atoms with E-state index in [1.807, 2.05) is 13.8 Å². The summed E-state index contributed by atoms with van der Waals surface area (Å²) >= 11 is 0. The molecule has 0 aliphatic rings. The molecule has 18 heavy (non-hydrogen) atoms. The second-order valence-electron chi connectivity index (χ2n) is 4.79. The fourth-order valence-electron chi connectivity index (χ4n) is 1.38. The van der Waals surface area contributed by atoms with Gasteiger partial charge in [0.25, 0.3) is 0 Å². The number of carbonyl (C=O) groups is 2. The number of nitrogens with zero attached hydrogens (tertiary/aromatic N) is 2. The van der Waals surface area contributed by atoms with Crippen LogP contribution in [-0.2, 0) is 9.59 Å². The van der Waals surface area contributed by atoms with E-state index in [1.165, 1.54) is 4.90 Å². The first kappa shape index (κ1) is 16.9. The number of nitrogens with one attached hydrogen (secondary N) is 1. The maximum absolute atomic E-state index is 12.0. The van der Waals surface area contributed by atoms with Crippen molar-refractivity contribution in [2.75, 3.05) is 33.7 Å². The molecule has 0 saturated heterocycles. The molecular weight excluding hydrogens is 230 g/mol. The molecule has 5 heteroatoms. The second kappa shape index (κ2) is 8.91. The molecule has 0 aliphatic carbocycles. The van der Waals surface area contributed by atoms with Gasteiger partial charge in [-0.2, -0.15) is 0 Å². The smallest absolute Gasteiger partial charge is 0.241 e. The van der Waals surface area contributed by atoms with E-state index in [2.05, 4.69) is 12.2 Å². The standard InChI is InChI=1S/C13H27N3O2/c1-6-8-16(10-13(18)15(4)5)12(17)9-14-11(3)7-2/h11,14H,6-10H2,1-5H3. The van der Waals surface area contributed by atoms with Crippen LogP contribution in [0.4, 0.5) is 0 Å². The fourth-order valence-corrected chi connectivity index (χ4v) is 1.38. The van der Waals surface area contributed by atoms with Crippen LogP contribution >= 0.6 is 0 Å². The Bertz CT molecular complexity index is 267. The van der Waals surface area contributed by atoms with Crippen LogP contribution in [0.5, 0.6) is 0 Å². The lowest BCUT2D eigenvalue weighted by Gasteiger charge is -2.24. The lowest BCUT2D eigenvalue weighted by atomic mass is 10.2. The van der Waals surface area contributed by atoms with Gasteiger partial charge < -0.3 is 15.1 Å². The van der Waals surface area contributed by atoms with Gasteiger partial charge in [-0.1, -0.05) is 13.8 Å². The van der Waals surface area contributed by atoms with Crippen molar-refractivity contribution in [1.29, 1.82) is 0 Å². The van der Waals surface area contributed by atoms with Gasteiger partial charge in [0.05, 0.1) is 13.1 Å². The molecule has 0 bridgehead atoms. The van der Waals surface area contributed by atoms with Crippen molar-refractivity contribution in [1.82, 2.24) is 15.1 Å². The van der Waals surface area contributed by atoms with Crippen LogP contribution < -0.4 is 5.32 Å². The molecule has 0 radical (unpaired) electrons. The maximum atomic E-state index is 12.0. The minimum absolute atomic E-state index is 0.00708. The van der Waals surface area contributed by atoms with Crippen LogP contribution in [0.1, 0.15) is 33.6 Å². The highest BCUT2D eigenvalue weighted by molar-refractivity contribution is 5.85. The van der Waals surface area contributed by atoms with Crippen molar-refractivity contribution in [2.45, 2.75) is 39.7 Å². The number of amides is 2. The Labute approximate surface area is 111 Å². The van der Waals surface area contributed by atoms with Crippen LogP contribution in [0.15, 0.2) is 0 Å². The van der Waals surface area contributed by atoms with Crippen molar-refractivity contribution in [3.8, 4) is 0 Å². The predicted octanol–water partition coefficient (Wildman–Crippen LogP) is 0.701. The SMILES string of the molecule is CCCN(CC(=O)N(C)C)C(=O)CNC(C)CC. The molecule has 0 fully saturated rings. The number of hydrogen-bond acceptors (Lipinski definition) is 3. The molecule has 2 amide bonds. The zero-order valence-electron chi connectivity index (χ0n) is 12.3. The zero-order chi connectivity index (χ0) is 14.1. The Morgan fingerprint density at radius 1 is 1.17 bits per heavy atom. The summed E-state index contributed by atoms with van der Waals surface area (Å²) in [6.45, 7) is 7.21. The molecule has 0 heterocycles. The third kappa shape index (κ3) is 6.59. The Hall–Kier alpha value is -1.10. The van der Waals surface area contributed by atoms with Crippen LogP contribution in [0.2, 0.25) is 0 Å². The quantitative estimate of drug-likeness (QED) is 0.696. The van der Waals surface area contributed by atoms with Gasteiger partial charge in [-0.25, -0.2) is 0 Å². The number of carbonyl (C=O) groups excluding carboxylic acids is 2. The van der Waals surface area contributed by atoms with Crippen LogP contribution in [0.25, 0.3) is 0 Å².